The standard InChI is InChI=1S/C15H16N2O4/c18-13(8-4-5-8)16-9-2-1-3-10(6-9)17-14(19)11-7-12(11)15(20)21/h1-3,6,8,11-12H,4-5,7H2,(H,16,18)(H,17,19)(H,20,21). The van der Waals surface area contributed by atoms with Crippen LogP contribution < -0.4 is 10.6 Å². The average Bonchev–Trinajstić information content (AvgIpc) is 3.29. The van der Waals surface area contributed by atoms with Crippen LogP contribution in [0, 0.1) is 17.8 Å². The number of nitrogens with one attached hydrogen (secondary N) is 2. The van der Waals surface area contributed by atoms with Crippen LogP contribution in [0.2, 0.25) is 0 Å². The van der Waals surface area contributed by atoms with Gasteiger partial charge in [-0.15, -0.1) is 0 Å². The number of amides is 2. The SMILES string of the molecule is O=C(Nc1cccc(NC(=O)C2CC2C(=O)O)c1)C1CC1. The van der Waals surface area contributed by atoms with Gasteiger partial charge < -0.3 is 15.7 Å². The zero-order valence-corrected chi connectivity index (χ0v) is 11.3. The molecule has 6 heteroatoms. The third kappa shape index (κ3) is 3.21. The Hall–Kier alpha value is -2.37. The molecule has 2 amide bonds. The number of carbonyl (C=O) groups excluding carboxylic acids is 2. The van der Waals surface area contributed by atoms with E-state index in [4.69, 9.17) is 5.11 Å². The van der Waals surface area contributed by atoms with Crippen molar-refractivity contribution in [3.05, 3.63) is 24.3 Å². The molecule has 0 radical (unpaired) electrons. The number of carbonyl (C=O) groups is 3. The van der Waals surface area contributed by atoms with Gasteiger partial charge in [-0.25, -0.2) is 0 Å². The molecule has 2 saturated carbocycles. The van der Waals surface area contributed by atoms with Crippen molar-refractivity contribution in [2.24, 2.45) is 17.8 Å². The highest BCUT2D eigenvalue weighted by Gasteiger charge is 2.48. The van der Waals surface area contributed by atoms with E-state index in [9.17, 15) is 14.4 Å². The Morgan fingerprint density at radius 3 is 2.14 bits per heavy atom. The summed E-state index contributed by atoms with van der Waals surface area (Å²) in [5.41, 5.74) is 1.19. The lowest BCUT2D eigenvalue weighted by molar-refractivity contribution is -0.139. The largest absolute Gasteiger partial charge is 0.481 e. The molecule has 2 aliphatic rings. The van der Waals surface area contributed by atoms with Crippen LogP contribution in [0.15, 0.2) is 24.3 Å². The molecule has 2 fully saturated rings. The maximum Gasteiger partial charge on any atom is 0.307 e. The molecule has 0 bridgehead atoms. The second-order valence-electron chi connectivity index (χ2n) is 5.62. The van der Waals surface area contributed by atoms with Crippen LogP contribution in [-0.2, 0) is 14.4 Å². The molecular weight excluding hydrogens is 272 g/mol. The molecule has 0 aromatic heterocycles. The second-order valence-corrected chi connectivity index (χ2v) is 5.62. The van der Waals surface area contributed by atoms with Crippen LogP contribution in [0.25, 0.3) is 0 Å². The summed E-state index contributed by atoms with van der Waals surface area (Å²) in [5.74, 6) is -2.11. The summed E-state index contributed by atoms with van der Waals surface area (Å²) >= 11 is 0. The minimum atomic E-state index is -0.930. The number of carboxylic acid groups (broad SMARTS) is 1. The molecule has 1 aromatic rings. The van der Waals surface area contributed by atoms with E-state index in [0.29, 0.717) is 17.8 Å². The first-order valence-corrected chi connectivity index (χ1v) is 6.99. The summed E-state index contributed by atoms with van der Waals surface area (Å²) < 4.78 is 0. The zero-order chi connectivity index (χ0) is 15.0. The lowest BCUT2D eigenvalue weighted by Gasteiger charge is -2.08. The minimum absolute atomic E-state index is 0.00612. The van der Waals surface area contributed by atoms with Crippen LogP contribution in [-0.4, -0.2) is 22.9 Å². The van der Waals surface area contributed by atoms with Crippen LogP contribution in [0.1, 0.15) is 19.3 Å². The molecule has 2 unspecified atom stereocenters. The van der Waals surface area contributed by atoms with Gasteiger partial charge in [0.05, 0.1) is 11.8 Å². The van der Waals surface area contributed by atoms with E-state index in [1.165, 1.54) is 0 Å². The molecule has 1 aromatic carbocycles. The predicted molar refractivity (Wildman–Crippen MR) is 75.7 cm³/mol. The van der Waals surface area contributed by atoms with E-state index in [-0.39, 0.29) is 17.7 Å². The Bertz CT molecular complexity index is 609. The van der Waals surface area contributed by atoms with Crippen molar-refractivity contribution in [3.63, 3.8) is 0 Å². The first-order valence-electron chi connectivity index (χ1n) is 6.99. The van der Waals surface area contributed by atoms with E-state index >= 15 is 0 Å². The van der Waals surface area contributed by atoms with Gasteiger partial charge in [-0.05, 0) is 37.5 Å². The van der Waals surface area contributed by atoms with E-state index in [2.05, 4.69) is 10.6 Å². The highest BCUT2D eigenvalue weighted by atomic mass is 16.4. The molecule has 0 heterocycles. The van der Waals surface area contributed by atoms with Crippen molar-refractivity contribution < 1.29 is 19.5 Å². The molecule has 6 nitrogen and oxygen atoms in total. The number of aliphatic carboxylic acids is 1. The molecule has 3 N–H and O–H groups in total. The lowest BCUT2D eigenvalue weighted by atomic mass is 10.2. The summed E-state index contributed by atoms with van der Waals surface area (Å²) in [6, 6.07) is 6.88. The molecule has 2 atom stereocenters. The fourth-order valence-corrected chi connectivity index (χ4v) is 2.26. The average molecular weight is 288 g/mol. The van der Waals surface area contributed by atoms with E-state index < -0.39 is 17.8 Å². The zero-order valence-electron chi connectivity index (χ0n) is 11.3. The number of hydrogen-bond acceptors (Lipinski definition) is 3. The van der Waals surface area contributed by atoms with Crippen molar-refractivity contribution in [3.8, 4) is 0 Å². The topological polar surface area (TPSA) is 95.5 Å². The van der Waals surface area contributed by atoms with Gasteiger partial charge >= 0.3 is 5.97 Å². The van der Waals surface area contributed by atoms with Crippen molar-refractivity contribution in [1.29, 1.82) is 0 Å². The van der Waals surface area contributed by atoms with Crippen LogP contribution in [0.3, 0.4) is 0 Å². The van der Waals surface area contributed by atoms with E-state index in [1.54, 1.807) is 24.3 Å². The highest BCUT2D eigenvalue weighted by molar-refractivity contribution is 5.99. The second kappa shape index (κ2) is 5.20. The maximum atomic E-state index is 11.9. The predicted octanol–water partition coefficient (Wildman–Crippen LogP) is 1.69. The van der Waals surface area contributed by atoms with Gasteiger partial charge in [0.25, 0.3) is 0 Å². The molecule has 2 aliphatic carbocycles. The lowest BCUT2D eigenvalue weighted by Crippen LogP contribution is -2.17. The summed E-state index contributed by atoms with van der Waals surface area (Å²) in [7, 11) is 0. The van der Waals surface area contributed by atoms with Gasteiger partial charge in [0.1, 0.15) is 0 Å². The Morgan fingerprint density at radius 2 is 1.62 bits per heavy atom. The van der Waals surface area contributed by atoms with Gasteiger partial charge in [-0.3, -0.25) is 14.4 Å². The molecule has 3 rings (SSSR count). The number of carboxylic acids is 1. The summed E-state index contributed by atoms with van der Waals surface area (Å²) in [6.45, 7) is 0. The third-order valence-corrected chi connectivity index (χ3v) is 3.79. The first kappa shape index (κ1) is 13.6. The van der Waals surface area contributed by atoms with Crippen LogP contribution >= 0.6 is 0 Å². The number of benzene rings is 1. The van der Waals surface area contributed by atoms with E-state index in [0.717, 1.165) is 12.8 Å². The number of anilines is 2. The third-order valence-electron chi connectivity index (χ3n) is 3.79. The molecular formula is C15H16N2O4. The van der Waals surface area contributed by atoms with Crippen molar-refractivity contribution in [2.45, 2.75) is 19.3 Å². The Kier molecular flexibility index (Phi) is 3.37. The number of hydrogen-bond donors (Lipinski definition) is 3. The Morgan fingerprint density at radius 1 is 1.00 bits per heavy atom. The smallest absolute Gasteiger partial charge is 0.307 e. The van der Waals surface area contributed by atoms with Crippen LogP contribution in [0.5, 0.6) is 0 Å². The van der Waals surface area contributed by atoms with Gasteiger partial charge in [0.2, 0.25) is 11.8 Å². The van der Waals surface area contributed by atoms with Gasteiger partial charge in [0.15, 0.2) is 0 Å². The Balaban J connectivity index is 1.59. The summed E-state index contributed by atoms with van der Waals surface area (Å²) in [6.07, 6.45) is 2.25. The Labute approximate surface area is 121 Å². The molecule has 0 aliphatic heterocycles. The molecule has 21 heavy (non-hydrogen) atoms. The first-order chi connectivity index (χ1) is 10.0. The maximum absolute atomic E-state index is 11.9. The molecule has 110 valence electrons. The quantitative estimate of drug-likeness (QED) is 0.768. The monoisotopic (exact) mass is 288 g/mol. The highest BCUT2D eigenvalue weighted by Crippen LogP contribution is 2.39. The van der Waals surface area contributed by atoms with Crippen molar-refractivity contribution in [2.75, 3.05) is 10.6 Å². The summed E-state index contributed by atoms with van der Waals surface area (Å²) in [5, 5.41) is 14.3. The normalized spacial score (nSPS) is 23.2. The minimum Gasteiger partial charge on any atom is -0.481 e. The van der Waals surface area contributed by atoms with Crippen LogP contribution in [0.4, 0.5) is 11.4 Å². The fourth-order valence-electron chi connectivity index (χ4n) is 2.26. The molecule has 0 saturated heterocycles. The van der Waals surface area contributed by atoms with Gasteiger partial charge in [-0.2, -0.15) is 0 Å². The fraction of sp³-hybridized carbons (Fsp3) is 0.400. The van der Waals surface area contributed by atoms with Gasteiger partial charge in [-0.1, -0.05) is 6.07 Å². The molecule has 0 spiro atoms. The number of rotatable bonds is 5. The van der Waals surface area contributed by atoms with Crippen molar-refractivity contribution in [1.82, 2.24) is 0 Å². The van der Waals surface area contributed by atoms with Gasteiger partial charge in [0, 0.05) is 17.3 Å². The van der Waals surface area contributed by atoms with Crippen molar-refractivity contribution >= 4 is 29.2 Å². The summed E-state index contributed by atoms with van der Waals surface area (Å²) in [4.78, 5) is 34.3. The van der Waals surface area contributed by atoms with E-state index in [1.807, 2.05) is 0 Å².